The van der Waals surface area contributed by atoms with E-state index in [9.17, 15) is 14.4 Å². The first-order valence-corrected chi connectivity index (χ1v) is 10.7. The molecule has 8 nitrogen and oxygen atoms in total. The Morgan fingerprint density at radius 3 is 2.39 bits per heavy atom. The maximum Gasteiger partial charge on any atom is 0.246 e. The lowest BCUT2D eigenvalue weighted by atomic mass is 9.82. The molecule has 4 unspecified atom stereocenters. The minimum Gasteiger partial charge on any atom is -0.368 e. The van der Waals surface area contributed by atoms with Crippen molar-refractivity contribution in [3.05, 3.63) is 0 Å². The van der Waals surface area contributed by atoms with Crippen LogP contribution in [0.5, 0.6) is 0 Å². The standard InChI is InChI=1S/C20H35N5O3/c1-13(22-2)19(27)23-17(14-7-4-3-5-8-14)20(28)25-11-15-9-6-10-24(15)12-16(25)18(21)26/h13-17,22H,3-12H2,1-2H3,(H2,21,26)(H,23,27). The molecule has 4 N–H and O–H groups in total. The number of hydrogen-bond donors (Lipinski definition) is 3. The second kappa shape index (κ2) is 9.22. The second-order valence-corrected chi connectivity index (χ2v) is 8.59. The smallest absolute Gasteiger partial charge is 0.246 e. The van der Waals surface area contributed by atoms with Crippen molar-refractivity contribution in [3.63, 3.8) is 0 Å². The number of fused-ring (bicyclic) bond motifs is 1. The topological polar surface area (TPSA) is 108 Å². The summed E-state index contributed by atoms with van der Waals surface area (Å²) in [6, 6.07) is -1.29. The molecule has 3 rings (SSSR count). The predicted octanol–water partition coefficient (Wildman–Crippen LogP) is -0.180. The Kier molecular flexibility index (Phi) is 6.93. The van der Waals surface area contributed by atoms with Crippen LogP contribution in [0, 0.1) is 5.92 Å². The molecule has 0 aromatic carbocycles. The van der Waals surface area contributed by atoms with Crippen LogP contribution in [-0.4, -0.2) is 78.4 Å². The summed E-state index contributed by atoms with van der Waals surface area (Å²) < 4.78 is 0. The summed E-state index contributed by atoms with van der Waals surface area (Å²) in [4.78, 5) is 42.3. The van der Waals surface area contributed by atoms with Crippen LogP contribution in [0.4, 0.5) is 0 Å². The molecule has 4 atom stereocenters. The van der Waals surface area contributed by atoms with Gasteiger partial charge in [-0.1, -0.05) is 19.3 Å². The summed E-state index contributed by atoms with van der Waals surface area (Å²) in [6.45, 7) is 3.76. The molecule has 3 fully saturated rings. The van der Waals surface area contributed by atoms with Crippen molar-refractivity contribution in [1.29, 1.82) is 0 Å². The van der Waals surface area contributed by atoms with Crippen molar-refractivity contribution in [1.82, 2.24) is 20.4 Å². The van der Waals surface area contributed by atoms with E-state index in [4.69, 9.17) is 5.73 Å². The van der Waals surface area contributed by atoms with Gasteiger partial charge < -0.3 is 21.3 Å². The van der Waals surface area contributed by atoms with E-state index in [-0.39, 0.29) is 23.8 Å². The number of nitrogens with zero attached hydrogens (tertiary/aromatic N) is 2. The number of carbonyl (C=O) groups excluding carboxylic acids is 3. The predicted molar refractivity (Wildman–Crippen MR) is 106 cm³/mol. The maximum absolute atomic E-state index is 13.6. The van der Waals surface area contributed by atoms with Crippen LogP contribution in [0.25, 0.3) is 0 Å². The van der Waals surface area contributed by atoms with Gasteiger partial charge >= 0.3 is 0 Å². The molecule has 2 aliphatic heterocycles. The zero-order valence-electron chi connectivity index (χ0n) is 17.2. The highest BCUT2D eigenvalue weighted by atomic mass is 16.2. The summed E-state index contributed by atoms with van der Waals surface area (Å²) >= 11 is 0. The van der Waals surface area contributed by atoms with Crippen LogP contribution in [-0.2, 0) is 14.4 Å². The van der Waals surface area contributed by atoms with Gasteiger partial charge in [-0.25, -0.2) is 0 Å². The molecule has 8 heteroatoms. The Balaban J connectivity index is 1.81. The fourth-order valence-electron chi connectivity index (χ4n) is 4.94. The van der Waals surface area contributed by atoms with Crippen molar-refractivity contribution in [2.24, 2.45) is 11.7 Å². The third kappa shape index (κ3) is 4.49. The summed E-state index contributed by atoms with van der Waals surface area (Å²) in [7, 11) is 1.73. The van der Waals surface area contributed by atoms with Crippen molar-refractivity contribution in [2.45, 2.75) is 76.0 Å². The quantitative estimate of drug-likeness (QED) is 0.580. The van der Waals surface area contributed by atoms with Crippen LogP contribution < -0.4 is 16.4 Å². The molecule has 0 spiro atoms. The molecule has 0 aromatic rings. The molecule has 1 aliphatic carbocycles. The van der Waals surface area contributed by atoms with Crippen LogP contribution in [0.3, 0.4) is 0 Å². The number of amides is 3. The summed E-state index contributed by atoms with van der Waals surface area (Å²) in [5.41, 5.74) is 5.67. The molecule has 0 bridgehead atoms. The van der Waals surface area contributed by atoms with Gasteiger partial charge in [-0.2, -0.15) is 0 Å². The molecule has 3 aliphatic rings. The van der Waals surface area contributed by atoms with E-state index < -0.39 is 18.0 Å². The Labute approximate surface area is 167 Å². The van der Waals surface area contributed by atoms with E-state index in [0.717, 1.165) is 45.1 Å². The third-order valence-electron chi connectivity index (χ3n) is 6.81. The number of primary amides is 1. The van der Waals surface area contributed by atoms with Crippen molar-refractivity contribution in [2.75, 3.05) is 26.7 Å². The highest BCUT2D eigenvalue weighted by Crippen LogP contribution is 2.30. The first-order valence-electron chi connectivity index (χ1n) is 10.7. The van der Waals surface area contributed by atoms with Gasteiger partial charge in [0.15, 0.2) is 0 Å². The van der Waals surface area contributed by atoms with Crippen molar-refractivity contribution >= 4 is 17.7 Å². The Bertz CT molecular complexity index is 592. The molecular weight excluding hydrogens is 358 g/mol. The zero-order valence-corrected chi connectivity index (χ0v) is 17.2. The number of nitrogens with one attached hydrogen (secondary N) is 2. The Hall–Kier alpha value is -1.67. The van der Waals surface area contributed by atoms with Gasteiger partial charge in [0.2, 0.25) is 17.7 Å². The molecule has 28 heavy (non-hydrogen) atoms. The third-order valence-corrected chi connectivity index (χ3v) is 6.81. The Morgan fingerprint density at radius 1 is 1.04 bits per heavy atom. The van der Waals surface area contributed by atoms with E-state index in [0.29, 0.717) is 19.1 Å². The van der Waals surface area contributed by atoms with Gasteiger partial charge in [0.25, 0.3) is 0 Å². The number of piperazine rings is 1. The van der Waals surface area contributed by atoms with Crippen LogP contribution in [0.2, 0.25) is 0 Å². The second-order valence-electron chi connectivity index (χ2n) is 8.59. The highest BCUT2D eigenvalue weighted by molar-refractivity contribution is 5.93. The van der Waals surface area contributed by atoms with Crippen molar-refractivity contribution < 1.29 is 14.4 Å². The van der Waals surface area contributed by atoms with E-state index in [1.54, 1.807) is 18.9 Å². The number of hydrogen-bond acceptors (Lipinski definition) is 5. The van der Waals surface area contributed by atoms with E-state index in [1.165, 1.54) is 6.42 Å². The first kappa shape index (κ1) is 21.0. The average Bonchev–Trinajstić information content (AvgIpc) is 3.17. The molecule has 2 heterocycles. The fraction of sp³-hybridized carbons (Fsp3) is 0.850. The molecule has 3 amide bonds. The van der Waals surface area contributed by atoms with E-state index >= 15 is 0 Å². The Morgan fingerprint density at radius 2 is 1.75 bits per heavy atom. The molecule has 2 saturated heterocycles. The monoisotopic (exact) mass is 393 g/mol. The molecule has 158 valence electrons. The molecule has 1 saturated carbocycles. The number of likely N-dealkylation sites (N-methyl/N-ethyl adjacent to an activating group) is 1. The SMILES string of the molecule is CNC(C)C(=O)NC(C(=O)N1CC2CCCN2CC1C(N)=O)C1CCCCC1. The molecular formula is C20H35N5O3. The van der Waals surface area contributed by atoms with Crippen LogP contribution in [0.1, 0.15) is 51.9 Å². The highest BCUT2D eigenvalue weighted by Gasteiger charge is 2.44. The van der Waals surface area contributed by atoms with Gasteiger partial charge in [-0.15, -0.1) is 0 Å². The number of carbonyl (C=O) groups is 3. The summed E-state index contributed by atoms with van der Waals surface area (Å²) in [5.74, 6) is -0.666. The lowest BCUT2D eigenvalue weighted by molar-refractivity contribution is -0.148. The summed E-state index contributed by atoms with van der Waals surface area (Å²) in [6.07, 6.45) is 7.28. The van der Waals surface area contributed by atoms with Gasteiger partial charge in [0, 0.05) is 19.1 Å². The first-order chi connectivity index (χ1) is 13.4. The van der Waals surface area contributed by atoms with E-state index in [2.05, 4.69) is 15.5 Å². The number of nitrogens with two attached hydrogens (primary N) is 1. The van der Waals surface area contributed by atoms with Crippen LogP contribution in [0.15, 0.2) is 0 Å². The van der Waals surface area contributed by atoms with Crippen molar-refractivity contribution in [3.8, 4) is 0 Å². The lowest BCUT2D eigenvalue weighted by Crippen LogP contribution is -2.66. The summed E-state index contributed by atoms with van der Waals surface area (Å²) in [5, 5.41) is 5.93. The molecule has 0 aromatic heterocycles. The lowest BCUT2D eigenvalue weighted by Gasteiger charge is -2.44. The van der Waals surface area contributed by atoms with Gasteiger partial charge in [-0.3, -0.25) is 19.3 Å². The minimum absolute atomic E-state index is 0.115. The molecule has 0 radical (unpaired) electrons. The fourth-order valence-corrected chi connectivity index (χ4v) is 4.94. The van der Waals surface area contributed by atoms with Gasteiger partial charge in [0.1, 0.15) is 12.1 Å². The van der Waals surface area contributed by atoms with Gasteiger partial charge in [0.05, 0.1) is 6.04 Å². The number of rotatable bonds is 6. The maximum atomic E-state index is 13.6. The largest absolute Gasteiger partial charge is 0.368 e. The average molecular weight is 394 g/mol. The van der Waals surface area contributed by atoms with E-state index in [1.807, 2.05) is 0 Å². The van der Waals surface area contributed by atoms with Gasteiger partial charge in [-0.05, 0) is 52.1 Å². The zero-order chi connectivity index (χ0) is 20.3. The normalized spacial score (nSPS) is 28.4. The minimum atomic E-state index is -0.619. The van der Waals surface area contributed by atoms with Crippen LogP contribution >= 0.6 is 0 Å².